The highest BCUT2D eigenvalue weighted by molar-refractivity contribution is 7.85. The Morgan fingerprint density at radius 2 is 1.19 bits per heavy atom. The molecule has 0 fully saturated rings. The van der Waals surface area contributed by atoms with E-state index in [0.717, 1.165) is 43.9 Å². The van der Waals surface area contributed by atoms with Crippen LogP contribution in [-0.2, 0) is 4.57 Å². The van der Waals surface area contributed by atoms with Crippen LogP contribution in [0, 0.1) is 27.7 Å². The monoisotopic (exact) mass is 426 g/mol. The van der Waals surface area contributed by atoms with Gasteiger partial charge in [-0.3, -0.25) is 0 Å². The molecule has 0 aliphatic rings. The fourth-order valence-corrected chi connectivity index (χ4v) is 6.86. The zero-order valence-corrected chi connectivity index (χ0v) is 19.3. The summed E-state index contributed by atoms with van der Waals surface area (Å²) in [5.74, 6) is 1.47. The number of hydrogen-bond donors (Lipinski definition) is 0. The van der Waals surface area contributed by atoms with Gasteiger partial charge in [0.25, 0.3) is 0 Å². The summed E-state index contributed by atoms with van der Waals surface area (Å²) in [5.41, 5.74) is 4.21. The van der Waals surface area contributed by atoms with Gasteiger partial charge in [-0.25, -0.2) is 0 Å². The van der Waals surface area contributed by atoms with Crippen LogP contribution in [0.4, 0.5) is 0 Å². The maximum Gasteiger partial charge on any atom is 0.174 e. The third-order valence-corrected chi connectivity index (χ3v) is 8.60. The maximum absolute atomic E-state index is 15.0. The minimum absolute atomic E-state index is 0.676. The van der Waals surface area contributed by atoms with E-state index in [1.807, 2.05) is 100 Å². The van der Waals surface area contributed by atoms with Crippen LogP contribution in [0.25, 0.3) is 0 Å². The van der Waals surface area contributed by atoms with Gasteiger partial charge in [-0.05, 0) is 62.1 Å². The largest absolute Gasteiger partial charge is 0.456 e. The fourth-order valence-electron chi connectivity index (χ4n) is 3.93. The molecule has 156 valence electrons. The quantitative estimate of drug-likeness (QED) is 0.348. The maximum atomic E-state index is 15.0. The summed E-state index contributed by atoms with van der Waals surface area (Å²) in [6, 6.07) is 29.8. The van der Waals surface area contributed by atoms with E-state index in [0.29, 0.717) is 5.75 Å². The van der Waals surface area contributed by atoms with Gasteiger partial charge in [-0.15, -0.1) is 0 Å². The van der Waals surface area contributed by atoms with Gasteiger partial charge in [-0.1, -0.05) is 78.9 Å². The lowest BCUT2D eigenvalue weighted by atomic mass is 10.1. The Morgan fingerprint density at radius 1 is 0.613 bits per heavy atom. The average molecular weight is 426 g/mol. The summed E-state index contributed by atoms with van der Waals surface area (Å²) in [6.45, 7) is 8.15. The van der Waals surface area contributed by atoms with Crippen molar-refractivity contribution >= 4 is 23.1 Å². The molecule has 0 N–H and O–H groups in total. The van der Waals surface area contributed by atoms with Crippen LogP contribution in [0.2, 0.25) is 0 Å². The van der Waals surface area contributed by atoms with E-state index in [9.17, 15) is 0 Å². The SMILES string of the molecule is Cc1ccc(C)c(Oc2c(C)cc(C)cc2P(=O)(c2ccccc2)c2ccccc2)c1. The summed E-state index contributed by atoms with van der Waals surface area (Å²) in [6.07, 6.45) is 0. The highest BCUT2D eigenvalue weighted by Gasteiger charge is 2.34. The third-order valence-electron chi connectivity index (χ3n) is 5.53. The molecule has 0 heterocycles. The summed E-state index contributed by atoms with van der Waals surface area (Å²) >= 11 is 0. The first-order chi connectivity index (χ1) is 14.9. The van der Waals surface area contributed by atoms with Gasteiger partial charge in [0.15, 0.2) is 7.14 Å². The molecular weight excluding hydrogens is 399 g/mol. The second-order valence-corrected chi connectivity index (χ2v) is 10.8. The molecule has 0 saturated carbocycles. The van der Waals surface area contributed by atoms with E-state index < -0.39 is 7.14 Å². The van der Waals surface area contributed by atoms with Crippen molar-refractivity contribution < 1.29 is 9.30 Å². The highest BCUT2D eigenvalue weighted by atomic mass is 31.2. The van der Waals surface area contributed by atoms with Crippen LogP contribution in [0.15, 0.2) is 91.0 Å². The standard InChI is InChI=1S/C28H27O2P/c1-20-15-16-22(3)26(18-20)30-28-23(4)17-21(2)19-27(28)31(29,24-11-7-5-8-12-24)25-13-9-6-10-14-25/h5-19H,1-4H3. The predicted octanol–water partition coefficient (Wildman–Crippen LogP) is 6.35. The molecular formula is C28H27O2P. The Hall–Kier alpha value is -3.09. The molecule has 2 nitrogen and oxygen atoms in total. The first kappa shape index (κ1) is 21.2. The number of rotatable bonds is 5. The smallest absolute Gasteiger partial charge is 0.174 e. The van der Waals surface area contributed by atoms with Crippen LogP contribution in [0.5, 0.6) is 11.5 Å². The summed E-state index contributed by atoms with van der Waals surface area (Å²) in [7, 11) is -3.16. The number of benzene rings is 4. The molecule has 0 amide bonds. The van der Waals surface area contributed by atoms with Crippen molar-refractivity contribution in [3.63, 3.8) is 0 Å². The van der Waals surface area contributed by atoms with Gasteiger partial charge in [0.05, 0.1) is 5.30 Å². The second kappa shape index (κ2) is 8.57. The Bertz CT molecular complexity index is 1220. The lowest BCUT2D eigenvalue weighted by molar-refractivity contribution is 0.478. The molecule has 4 rings (SSSR count). The molecule has 3 heteroatoms. The van der Waals surface area contributed by atoms with Gasteiger partial charge in [-0.2, -0.15) is 0 Å². The Balaban J connectivity index is 2.01. The molecule has 0 unspecified atom stereocenters. The van der Waals surface area contributed by atoms with Crippen molar-refractivity contribution in [1.82, 2.24) is 0 Å². The molecule has 31 heavy (non-hydrogen) atoms. The normalized spacial score (nSPS) is 11.4. The van der Waals surface area contributed by atoms with E-state index in [1.54, 1.807) is 0 Å². The topological polar surface area (TPSA) is 26.3 Å². The summed E-state index contributed by atoms with van der Waals surface area (Å²) in [4.78, 5) is 0. The van der Waals surface area contributed by atoms with Gasteiger partial charge < -0.3 is 9.30 Å². The molecule has 0 aromatic heterocycles. The van der Waals surface area contributed by atoms with Crippen molar-refractivity contribution in [2.24, 2.45) is 0 Å². The number of aryl methyl sites for hydroxylation is 4. The Labute approximate surface area is 184 Å². The summed E-state index contributed by atoms with van der Waals surface area (Å²) in [5, 5.41) is 2.34. The lowest BCUT2D eigenvalue weighted by Gasteiger charge is -2.24. The van der Waals surface area contributed by atoms with Crippen molar-refractivity contribution in [2.45, 2.75) is 27.7 Å². The van der Waals surface area contributed by atoms with E-state index >= 15 is 4.57 Å². The van der Waals surface area contributed by atoms with Crippen molar-refractivity contribution in [2.75, 3.05) is 0 Å². The highest BCUT2D eigenvalue weighted by Crippen LogP contribution is 2.47. The zero-order chi connectivity index (χ0) is 22.0. The molecule has 0 saturated heterocycles. The number of ether oxygens (including phenoxy) is 1. The van der Waals surface area contributed by atoms with E-state index in [4.69, 9.17) is 4.74 Å². The van der Waals surface area contributed by atoms with Gasteiger partial charge in [0.1, 0.15) is 11.5 Å². The zero-order valence-electron chi connectivity index (χ0n) is 18.4. The molecule has 4 aromatic carbocycles. The van der Waals surface area contributed by atoms with Crippen molar-refractivity contribution in [3.05, 3.63) is 113 Å². The Morgan fingerprint density at radius 3 is 1.77 bits per heavy atom. The first-order valence-corrected chi connectivity index (χ1v) is 12.2. The van der Waals surface area contributed by atoms with Crippen molar-refractivity contribution in [1.29, 1.82) is 0 Å². The third kappa shape index (κ3) is 4.09. The lowest BCUT2D eigenvalue weighted by Crippen LogP contribution is -2.26. The van der Waals surface area contributed by atoms with Gasteiger partial charge in [0.2, 0.25) is 0 Å². The average Bonchev–Trinajstić information content (AvgIpc) is 2.78. The fraction of sp³-hybridized carbons (Fsp3) is 0.143. The van der Waals surface area contributed by atoms with Crippen LogP contribution in [-0.4, -0.2) is 0 Å². The number of hydrogen-bond acceptors (Lipinski definition) is 2. The summed E-state index contributed by atoms with van der Waals surface area (Å²) < 4.78 is 21.5. The molecule has 0 atom stereocenters. The first-order valence-electron chi connectivity index (χ1n) is 10.5. The second-order valence-electron chi connectivity index (χ2n) is 8.08. The minimum atomic E-state index is -3.16. The molecule has 0 aliphatic carbocycles. The van der Waals surface area contributed by atoms with E-state index in [1.165, 1.54) is 0 Å². The van der Waals surface area contributed by atoms with E-state index in [2.05, 4.69) is 18.2 Å². The molecule has 4 aromatic rings. The van der Waals surface area contributed by atoms with Gasteiger partial charge >= 0.3 is 0 Å². The predicted molar refractivity (Wildman–Crippen MR) is 131 cm³/mol. The van der Waals surface area contributed by atoms with Crippen LogP contribution in [0.1, 0.15) is 22.3 Å². The van der Waals surface area contributed by atoms with Crippen LogP contribution >= 0.6 is 7.14 Å². The van der Waals surface area contributed by atoms with Crippen molar-refractivity contribution in [3.8, 4) is 11.5 Å². The van der Waals surface area contributed by atoms with Crippen LogP contribution < -0.4 is 20.7 Å². The minimum Gasteiger partial charge on any atom is -0.456 e. The Kier molecular flexibility index (Phi) is 5.85. The molecule has 0 bridgehead atoms. The molecule has 0 spiro atoms. The van der Waals surface area contributed by atoms with Gasteiger partial charge in [0, 0.05) is 10.6 Å². The van der Waals surface area contributed by atoms with E-state index in [-0.39, 0.29) is 0 Å². The van der Waals surface area contributed by atoms with Crippen LogP contribution in [0.3, 0.4) is 0 Å². The molecule has 0 aliphatic heterocycles. The molecule has 0 radical (unpaired) electrons.